The molecule has 0 unspecified atom stereocenters. The van der Waals surface area contributed by atoms with Gasteiger partial charge in [-0.1, -0.05) is 13.3 Å². The van der Waals surface area contributed by atoms with Gasteiger partial charge in [0.1, 0.15) is 11.3 Å². The number of ether oxygens (including phenoxy) is 3. The van der Waals surface area contributed by atoms with E-state index in [4.69, 9.17) is 19.3 Å². The molecule has 27 heavy (non-hydrogen) atoms. The van der Waals surface area contributed by atoms with Crippen LogP contribution in [0.5, 0.6) is 17.2 Å². The average molecular weight is 373 g/mol. The Morgan fingerprint density at radius 3 is 2.37 bits per heavy atom. The Hall–Kier alpha value is -3.22. The zero-order valence-corrected chi connectivity index (χ0v) is 15.6. The predicted molar refractivity (Wildman–Crippen MR) is 101 cm³/mol. The van der Waals surface area contributed by atoms with Gasteiger partial charge >= 0.3 is 5.97 Å². The maximum absolute atomic E-state index is 12.5. The van der Waals surface area contributed by atoms with Crippen LogP contribution in [0.1, 0.15) is 40.5 Å². The van der Waals surface area contributed by atoms with Gasteiger partial charge in [-0.25, -0.2) is 4.79 Å². The number of amides is 1. The van der Waals surface area contributed by atoms with E-state index in [-0.39, 0.29) is 17.2 Å². The number of carbonyl (C=O) groups excluding carboxylic acids is 1. The molecule has 0 saturated carbocycles. The number of anilines is 1. The first-order valence-electron chi connectivity index (χ1n) is 8.53. The zero-order valence-electron chi connectivity index (χ0n) is 15.6. The van der Waals surface area contributed by atoms with Crippen molar-refractivity contribution >= 4 is 17.6 Å². The summed E-state index contributed by atoms with van der Waals surface area (Å²) in [6.07, 6.45) is 1.95. The van der Waals surface area contributed by atoms with Gasteiger partial charge < -0.3 is 24.6 Å². The summed E-state index contributed by atoms with van der Waals surface area (Å²) in [7, 11) is 2.88. The van der Waals surface area contributed by atoms with E-state index in [1.54, 1.807) is 18.2 Å². The number of carboxylic acids is 1. The molecule has 0 aliphatic heterocycles. The highest BCUT2D eigenvalue weighted by Crippen LogP contribution is 2.29. The van der Waals surface area contributed by atoms with Gasteiger partial charge in [0.25, 0.3) is 5.91 Å². The van der Waals surface area contributed by atoms with Crippen molar-refractivity contribution in [3.8, 4) is 17.2 Å². The van der Waals surface area contributed by atoms with Crippen molar-refractivity contribution in [3.05, 3.63) is 47.5 Å². The molecule has 0 aliphatic carbocycles. The summed E-state index contributed by atoms with van der Waals surface area (Å²) in [5, 5.41) is 11.8. The molecule has 0 spiro atoms. The van der Waals surface area contributed by atoms with Crippen LogP contribution in [0.25, 0.3) is 0 Å². The molecule has 0 aliphatic rings. The van der Waals surface area contributed by atoms with E-state index in [0.29, 0.717) is 29.4 Å². The van der Waals surface area contributed by atoms with Crippen LogP contribution in [-0.2, 0) is 0 Å². The summed E-state index contributed by atoms with van der Waals surface area (Å²) in [5.74, 6) is -0.253. The van der Waals surface area contributed by atoms with Crippen molar-refractivity contribution in [2.45, 2.75) is 19.8 Å². The number of rotatable bonds is 9. The number of carbonyl (C=O) groups is 2. The number of nitrogens with one attached hydrogen (secondary N) is 1. The zero-order chi connectivity index (χ0) is 19.8. The number of aromatic carboxylic acids is 1. The van der Waals surface area contributed by atoms with Crippen molar-refractivity contribution in [3.63, 3.8) is 0 Å². The molecule has 0 heterocycles. The smallest absolute Gasteiger partial charge is 0.339 e. The molecule has 0 atom stereocenters. The second-order valence-corrected chi connectivity index (χ2v) is 5.74. The number of unbranched alkanes of at least 4 members (excludes halogenated alkanes) is 1. The molecule has 1 amide bonds. The van der Waals surface area contributed by atoms with E-state index in [2.05, 4.69) is 12.2 Å². The van der Waals surface area contributed by atoms with E-state index in [1.165, 1.54) is 32.4 Å². The molecule has 2 aromatic rings. The third kappa shape index (κ3) is 5.13. The molecule has 2 aromatic carbocycles. The highest BCUT2D eigenvalue weighted by Gasteiger charge is 2.15. The van der Waals surface area contributed by atoms with Crippen LogP contribution in [0.2, 0.25) is 0 Å². The SMILES string of the molecule is CCCCOc1ccc(C(=O)Nc2ccc(C(=O)O)c(OC)c2)cc1OC. The summed E-state index contributed by atoms with van der Waals surface area (Å²) in [6.45, 7) is 2.65. The van der Waals surface area contributed by atoms with Crippen LogP contribution in [0, 0.1) is 0 Å². The summed E-state index contributed by atoms with van der Waals surface area (Å²) in [5.41, 5.74) is 0.825. The molecule has 2 N–H and O–H groups in total. The van der Waals surface area contributed by atoms with Gasteiger partial charge in [-0.15, -0.1) is 0 Å². The Bertz CT molecular complexity index is 818. The molecular formula is C20H23NO6. The van der Waals surface area contributed by atoms with Crippen molar-refractivity contribution in [1.29, 1.82) is 0 Å². The minimum Gasteiger partial charge on any atom is -0.496 e. The van der Waals surface area contributed by atoms with Gasteiger partial charge in [0.2, 0.25) is 0 Å². The van der Waals surface area contributed by atoms with Crippen molar-refractivity contribution < 1.29 is 28.9 Å². The topological polar surface area (TPSA) is 94.1 Å². The van der Waals surface area contributed by atoms with E-state index in [0.717, 1.165) is 12.8 Å². The molecule has 144 valence electrons. The predicted octanol–water partition coefficient (Wildman–Crippen LogP) is 3.83. The molecular weight excluding hydrogens is 350 g/mol. The van der Waals surface area contributed by atoms with Crippen molar-refractivity contribution in [2.24, 2.45) is 0 Å². The van der Waals surface area contributed by atoms with Gasteiger partial charge in [-0.3, -0.25) is 4.79 Å². The number of hydrogen-bond donors (Lipinski definition) is 2. The van der Waals surface area contributed by atoms with Gasteiger partial charge in [0.05, 0.1) is 20.8 Å². The lowest BCUT2D eigenvalue weighted by molar-refractivity contribution is 0.0693. The van der Waals surface area contributed by atoms with Crippen molar-refractivity contribution in [1.82, 2.24) is 0 Å². The van der Waals surface area contributed by atoms with Gasteiger partial charge in [-0.2, -0.15) is 0 Å². The Morgan fingerprint density at radius 1 is 1.00 bits per heavy atom. The normalized spacial score (nSPS) is 10.2. The molecule has 7 heteroatoms. The second kappa shape index (κ2) is 9.47. The number of methoxy groups -OCH3 is 2. The number of carboxylic acid groups (broad SMARTS) is 1. The van der Waals surface area contributed by atoms with Crippen LogP contribution in [0.4, 0.5) is 5.69 Å². The Kier molecular flexibility index (Phi) is 7.05. The molecule has 2 rings (SSSR count). The standard InChI is InChI=1S/C20H23NO6/c1-4-5-10-27-16-9-6-13(11-18(16)26-3)19(22)21-14-7-8-15(20(23)24)17(12-14)25-2/h6-9,11-12H,4-5,10H2,1-3H3,(H,21,22)(H,23,24). The first kappa shape index (κ1) is 20.1. The monoisotopic (exact) mass is 373 g/mol. The Balaban J connectivity index is 2.17. The van der Waals surface area contributed by atoms with Gasteiger partial charge in [0.15, 0.2) is 11.5 Å². The van der Waals surface area contributed by atoms with Gasteiger partial charge in [-0.05, 0) is 36.8 Å². The molecule has 0 aromatic heterocycles. The molecule has 7 nitrogen and oxygen atoms in total. The average Bonchev–Trinajstić information content (AvgIpc) is 2.67. The van der Waals surface area contributed by atoms with Crippen molar-refractivity contribution in [2.75, 3.05) is 26.1 Å². The lowest BCUT2D eigenvalue weighted by atomic mass is 10.1. The summed E-state index contributed by atoms with van der Waals surface area (Å²) in [4.78, 5) is 23.6. The molecule has 0 saturated heterocycles. The van der Waals surface area contributed by atoms with Crippen LogP contribution in [-0.4, -0.2) is 37.8 Å². The molecule has 0 bridgehead atoms. The van der Waals surface area contributed by atoms with Gasteiger partial charge in [0, 0.05) is 17.3 Å². The minimum absolute atomic E-state index is 0.0192. The van der Waals surface area contributed by atoms with E-state index in [1.807, 2.05) is 0 Å². The summed E-state index contributed by atoms with van der Waals surface area (Å²) < 4.78 is 16.0. The fourth-order valence-electron chi connectivity index (χ4n) is 2.40. The molecule has 0 radical (unpaired) electrons. The fourth-order valence-corrected chi connectivity index (χ4v) is 2.40. The van der Waals surface area contributed by atoms with E-state index in [9.17, 15) is 9.59 Å². The summed E-state index contributed by atoms with van der Waals surface area (Å²) in [6, 6.07) is 9.27. The quantitative estimate of drug-likeness (QED) is 0.649. The van der Waals surface area contributed by atoms with Crippen LogP contribution < -0.4 is 19.5 Å². The Morgan fingerprint density at radius 2 is 1.74 bits per heavy atom. The van der Waals surface area contributed by atoms with Crippen LogP contribution in [0.15, 0.2) is 36.4 Å². The maximum atomic E-state index is 12.5. The largest absolute Gasteiger partial charge is 0.496 e. The lowest BCUT2D eigenvalue weighted by Gasteiger charge is -2.13. The maximum Gasteiger partial charge on any atom is 0.339 e. The first-order chi connectivity index (χ1) is 13.0. The van der Waals surface area contributed by atoms with E-state index < -0.39 is 5.97 Å². The number of hydrogen-bond acceptors (Lipinski definition) is 5. The highest BCUT2D eigenvalue weighted by atomic mass is 16.5. The highest BCUT2D eigenvalue weighted by molar-refractivity contribution is 6.05. The second-order valence-electron chi connectivity index (χ2n) is 5.74. The molecule has 0 fully saturated rings. The van der Waals surface area contributed by atoms with Crippen LogP contribution >= 0.6 is 0 Å². The fraction of sp³-hybridized carbons (Fsp3) is 0.300. The van der Waals surface area contributed by atoms with E-state index >= 15 is 0 Å². The summed E-state index contributed by atoms with van der Waals surface area (Å²) >= 11 is 0. The number of benzene rings is 2. The minimum atomic E-state index is -1.10. The Labute approximate surface area is 157 Å². The van der Waals surface area contributed by atoms with Crippen LogP contribution in [0.3, 0.4) is 0 Å². The third-order valence-electron chi connectivity index (χ3n) is 3.87. The third-order valence-corrected chi connectivity index (χ3v) is 3.87. The lowest BCUT2D eigenvalue weighted by Crippen LogP contribution is -2.13. The first-order valence-corrected chi connectivity index (χ1v) is 8.53.